The second kappa shape index (κ2) is 13.3. The van der Waals surface area contributed by atoms with Crippen molar-refractivity contribution in [3.8, 4) is 0 Å². The maximum absolute atomic E-state index is 14.1. The zero-order valence-corrected chi connectivity index (χ0v) is 32.1. The van der Waals surface area contributed by atoms with Crippen LogP contribution in [-0.4, -0.2) is 18.9 Å². The van der Waals surface area contributed by atoms with Crippen LogP contribution < -0.4 is 20.7 Å². The van der Waals surface area contributed by atoms with Crippen LogP contribution in [0.3, 0.4) is 0 Å². The first-order valence-corrected chi connectivity index (χ1v) is 19.5. The van der Waals surface area contributed by atoms with Crippen molar-refractivity contribution < 1.29 is 26.3 Å². The van der Waals surface area contributed by atoms with Gasteiger partial charge in [-0.25, -0.2) is 0 Å². The maximum atomic E-state index is 14.1. The van der Waals surface area contributed by atoms with Gasteiger partial charge in [0.15, 0.2) is 0 Å². The van der Waals surface area contributed by atoms with E-state index in [2.05, 4.69) is 91.3 Å². The van der Waals surface area contributed by atoms with E-state index >= 15 is 0 Å². The fourth-order valence-corrected chi connectivity index (χ4v) is 9.42. The third kappa shape index (κ3) is 6.12. The summed E-state index contributed by atoms with van der Waals surface area (Å²) in [6.45, 7) is 7.51. The lowest BCUT2D eigenvalue weighted by Crippen LogP contribution is -2.62. The van der Waals surface area contributed by atoms with Crippen molar-refractivity contribution in [1.82, 2.24) is 0 Å². The zero-order valence-electron chi connectivity index (χ0n) is 32.1. The summed E-state index contributed by atoms with van der Waals surface area (Å²) in [5, 5.41) is 0. The van der Waals surface area contributed by atoms with E-state index in [1.807, 2.05) is 24.3 Å². The molecule has 2 nitrogen and oxygen atoms in total. The summed E-state index contributed by atoms with van der Waals surface area (Å²) in [7, 11) is 0. The summed E-state index contributed by atoms with van der Waals surface area (Å²) in [5.41, 5.74) is 11.1. The molecule has 0 amide bonds. The van der Waals surface area contributed by atoms with Crippen LogP contribution in [0.4, 0.5) is 49.1 Å². The van der Waals surface area contributed by atoms with Crippen molar-refractivity contribution in [3.05, 3.63) is 167 Å². The molecular weight excluding hydrogens is 729 g/mol. The molecule has 0 N–H and O–H groups in total. The lowest BCUT2D eigenvalue weighted by atomic mass is 9.29. The molecule has 2 aliphatic heterocycles. The van der Waals surface area contributed by atoms with Gasteiger partial charge in [0.2, 0.25) is 6.71 Å². The van der Waals surface area contributed by atoms with E-state index in [9.17, 15) is 26.3 Å². The number of anilines is 4. The number of aryl methyl sites for hydroxylation is 2. The van der Waals surface area contributed by atoms with Gasteiger partial charge >= 0.3 is 12.4 Å². The molecule has 288 valence electrons. The normalized spacial score (nSPS) is 22.6. The largest absolute Gasteiger partial charge is 0.416 e. The van der Waals surface area contributed by atoms with Crippen LogP contribution in [0.15, 0.2) is 139 Å². The van der Waals surface area contributed by atoms with Crippen molar-refractivity contribution in [3.63, 3.8) is 0 Å². The summed E-state index contributed by atoms with van der Waals surface area (Å²) < 4.78 is 83.2. The van der Waals surface area contributed by atoms with E-state index in [-0.39, 0.29) is 25.0 Å². The Labute approximate surface area is 330 Å². The Morgan fingerprint density at radius 3 is 2.19 bits per heavy atom. The monoisotopic (exact) mass is 770 g/mol. The molecule has 3 aliphatic carbocycles. The smallest absolute Gasteiger partial charge is 0.335 e. The van der Waals surface area contributed by atoms with Gasteiger partial charge < -0.3 is 9.80 Å². The molecule has 9 heteroatoms. The maximum Gasteiger partial charge on any atom is 0.416 e. The zero-order chi connectivity index (χ0) is 40.0. The molecule has 0 bridgehead atoms. The predicted octanol–water partition coefficient (Wildman–Crippen LogP) is 12.5. The fourth-order valence-electron chi connectivity index (χ4n) is 9.42. The van der Waals surface area contributed by atoms with E-state index < -0.39 is 23.3 Å². The van der Waals surface area contributed by atoms with Crippen molar-refractivity contribution in [2.45, 2.75) is 71.2 Å². The number of hydrogen-bond donors (Lipinski definition) is 0. The summed E-state index contributed by atoms with van der Waals surface area (Å²) in [4.78, 5) is 4.69. The van der Waals surface area contributed by atoms with E-state index in [1.54, 1.807) is 24.3 Å². The number of hydrogen-bond acceptors (Lipinski definition) is 2. The first kappa shape index (κ1) is 37.2. The molecular formula is C48H41BF6N2. The van der Waals surface area contributed by atoms with Crippen LogP contribution in [-0.2, 0) is 6.18 Å². The van der Waals surface area contributed by atoms with Gasteiger partial charge in [-0.15, -0.1) is 0 Å². The lowest BCUT2D eigenvalue weighted by Gasteiger charge is -2.51. The average molecular weight is 771 g/mol. The number of allylic oxidation sites excluding steroid dienone is 9. The Morgan fingerprint density at radius 1 is 0.737 bits per heavy atom. The third-order valence-electron chi connectivity index (χ3n) is 12.3. The Kier molecular flexibility index (Phi) is 8.68. The molecule has 4 aromatic carbocycles. The number of para-hydroxylation sites is 1. The van der Waals surface area contributed by atoms with Crippen molar-refractivity contribution in [2.75, 3.05) is 9.80 Å². The van der Waals surface area contributed by atoms with Crippen molar-refractivity contribution >= 4 is 51.5 Å². The Balaban J connectivity index is 1.25. The van der Waals surface area contributed by atoms with Gasteiger partial charge in [0.05, 0.1) is 22.7 Å². The average Bonchev–Trinajstić information content (AvgIpc) is 3.17. The lowest BCUT2D eigenvalue weighted by molar-refractivity contribution is -0.199. The Hall–Kier alpha value is -5.44. The molecule has 57 heavy (non-hydrogen) atoms. The van der Waals surface area contributed by atoms with Crippen LogP contribution in [0, 0.1) is 19.3 Å². The molecule has 5 aliphatic rings. The van der Waals surface area contributed by atoms with Crippen LogP contribution in [0.1, 0.15) is 60.9 Å². The van der Waals surface area contributed by atoms with Gasteiger partial charge in [0.1, 0.15) is 0 Å². The van der Waals surface area contributed by atoms with Crippen molar-refractivity contribution in [2.24, 2.45) is 5.41 Å². The summed E-state index contributed by atoms with van der Waals surface area (Å²) in [5.74, 6) is 0.0163. The van der Waals surface area contributed by atoms with Gasteiger partial charge in [-0.3, -0.25) is 0 Å². The number of fused-ring (bicyclic) bond motifs is 4. The molecule has 0 saturated carbocycles. The third-order valence-corrected chi connectivity index (χ3v) is 12.3. The molecule has 3 atom stereocenters. The minimum Gasteiger partial charge on any atom is -0.335 e. The predicted molar refractivity (Wildman–Crippen MR) is 221 cm³/mol. The van der Waals surface area contributed by atoms with Gasteiger partial charge in [-0.1, -0.05) is 102 Å². The molecule has 0 saturated heterocycles. The van der Waals surface area contributed by atoms with E-state index in [1.165, 1.54) is 18.5 Å². The molecule has 0 fully saturated rings. The highest BCUT2D eigenvalue weighted by molar-refractivity contribution is 6.91. The molecule has 4 aromatic rings. The van der Waals surface area contributed by atoms with Crippen LogP contribution in [0.2, 0.25) is 5.82 Å². The minimum absolute atomic E-state index is 0.0163. The second-order valence-electron chi connectivity index (χ2n) is 16.3. The second-order valence-corrected chi connectivity index (χ2v) is 16.3. The van der Waals surface area contributed by atoms with Gasteiger partial charge in [-0.2, -0.15) is 26.3 Å². The molecule has 3 unspecified atom stereocenters. The SMILES string of the molecule is CC1=CC2B3c4cc(C)ccc4N(c4ccccc4C4=CCC(C)(C(F)(F)F)C=C4)c4cc(C)cc(c43)N(C3=CCCC=C3c3ccc(C(F)(F)F)cc3)C2C=C1. The highest BCUT2D eigenvalue weighted by Crippen LogP contribution is 2.51. The first-order chi connectivity index (χ1) is 27.1. The van der Waals surface area contributed by atoms with Gasteiger partial charge in [-0.05, 0) is 117 Å². The number of halogens is 6. The van der Waals surface area contributed by atoms with E-state index in [0.29, 0.717) is 0 Å². The molecule has 9 rings (SSSR count). The first-order valence-electron chi connectivity index (χ1n) is 19.5. The van der Waals surface area contributed by atoms with Crippen LogP contribution in [0.5, 0.6) is 0 Å². The molecule has 2 heterocycles. The standard InChI is InChI=1S/C48H41BF6N2/c1-29-13-19-41-37(25-29)49-38-26-30(2)14-20-42(38)57(40-12-8-6-10-36(40)33-21-23-46(4,24-22-33)48(53,54)55)44-28-31(3)27-43(45(44)49)56(41)39-11-7-5-9-35(39)32-15-17-34(18-16-32)47(50,51)52/h6,8-23,25-28,37,41H,5,7,24H2,1-4H3. The topological polar surface area (TPSA) is 6.48 Å². The number of rotatable bonds is 4. The number of benzene rings is 4. The van der Waals surface area contributed by atoms with Gasteiger partial charge in [0, 0.05) is 33.9 Å². The summed E-state index contributed by atoms with van der Waals surface area (Å²) in [6, 6.07) is 24.3. The number of nitrogens with zero attached hydrogens (tertiary/aromatic N) is 2. The highest BCUT2D eigenvalue weighted by atomic mass is 19.4. The minimum atomic E-state index is -4.43. The van der Waals surface area contributed by atoms with E-state index in [0.717, 1.165) is 97.9 Å². The number of alkyl halides is 6. The molecule has 0 spiro atoms. The van der Waals surface area contributed by atoms with Crippen molar-refractivity contribution in [1.29, 1.82) is 0 Å². The quantitative estimate of drug-likeness (QED) is 0.151. The highest BCUT2D eigenvalue weighted by Gasteiger charge is 2.51. The summed E-state index contributed by atoms with van der Waals surface area (Å²) in [6.07, 6.45) is 8.40. The Bertz CT molecular complexity index is 2500. The summed E-state index contributed by atoms with van der Waals surface area (Å²) >= 11 is 0. The van der Waals surface area contributed by atoms with E-state index in [4.69, 9.17) is 0 Å². The molecule has 0 aromatic heterocycles. The van der Waals surface area contributed by atoms with Gasteiger partial charge in [0.25, 0.3) is 0 Å². The molecule has 0 radical (unpaired) electrons. The fraction of sp³-hybridized carbons (Fsp3) is 0.250. The van der Waals surface area contributed by atoms with Crippen LogP contribution >= 0.6 is 0 Å². The van der Waals surface area contributed by atoms with Crippen LogP contribution in [0.25, 0.3) is 11.1 Å². The Morgan fingerprint density at radius 2 is 1.47 bits per heavy atom.